The number of hydrogen-bond acceptors (Lipinski definition) is 9. The van der Waals surface area contributed by atoms with Gasteiger partial charge in [0.15, 0.2) is 11.4 Å². The van der Waals surface area contributed by atoms with Crippen LogP contribution < -0.4 is 5.73 Å². The molecule has 0 heterocycles. The van der Waals surface area contributed by atoms with E-state index >= 15 is 0 Å². The minimum Gasteiger partial charge on any atom is -0.508 e. The van der Waals surface area contributed by atoms with E-state index in [1.165, 1.54) is 25.1 Å². The molecule has 0 radical (unpaired) electrons. The Morgan fingerprint density at radius 3 is 2.28 bits per heavy atom. The fraction of sp³-hybridized carbons (Fsp3) is 0.276. The van der Waals surface area contributed by atoms with Gasteiger partial charge in [-0.3, -0.25) is 19.3 Å². The summed E-state index contributed by atoms with van der Waals surface area (Å²) in [6.45, 7) is 1.91. The third-order valence-electron chi connectivity index (χ3n) is 7.93. The van der Waals surface area contributed by atoms with Crippen LogP contribution >= 0.6 is 0 Å². The topological polar surface area (TPSA) is 182 Å². The quantitative estimate of drug-likeness (QED) is 0.317. The molecule has 39 heavy (non-hydrogen) atoms. The highest BCUT2D eigenvalue weighted by atomic mass is 16.4. The fourth-order valence-electron chi connectivity index (χ4n) is 6.15. The van der Waals surface area contributed by atoms with Crippen molar-refractivity contribution in [3.63, 3.8) is 0 Å². The van der Waals surface area contributed by atoms with Gasteiger partial charge in [0.2, 0.25) is 5.78 Å². The molecular formula is C29H28N2O8. The number of nitrogens with two attached hydrogens (primary N) is 1. The standard InChI is InChI=1S/C29H28N2O8/c1-12-7-9-13(10-8-12)11-15-14-5-4-6-16(32)17(14)23(33)19-18(15)24(34)21-22(31(2)3)25(35)20(28(30)38)27(37)29(21,39)26(19)36/h4-11,18,21-22,24,32-34,37,39H,1-3H3,(H2,30,38)/b15-11+/t18-,21-,22+,24+,29+/m1/s1. The van der Waals surface area contributed by atoms with Gasteiger partial charge in [0.25, 0.3) is 5.91 Å². The van der Waals surface area contributed by atoms with Crippen LogP contribution in [0, 0.1) is 18.8 Å². The number of aromatic hydroxyl groups is 1. The fourth-order valence-corrected chi connectivity index (χ4v) is 6.15. The summed E-state index contributed by atoms with van der Waals surface area (Å²) < 4.78 is 0. The van der Waals surface area contributed by atoms with Gasteiger partial charge in [-0.15, -0.1) is 0 Å². The van der Waals surface area contributed by atoms with Crippen molar-refractivity contribution in [3.8, 4) is 5.75 Å². The highest BCUT2D eigenvalue weighted by molar-refractivity contribution is 6.25. The number of aryl methyl sites for hydroxylation is 1. The van der Waals surface area contributed by atoms with E-state index in [-0.39, 0.29) is 11.3 Å². The van der Waals surface area contributed by atoms with Crippen LogP contribution in [0.25, 0.3) is 17.4 Å². The zero-order valence-corrected chi connectivity index (χ0v) is 21.4. The first-order chi connectivity index (χ1) is 18.3. The molecule has 0 aliphatic heterocycles. The summed E-state index contributed by atoms with van der Waals surface area (Å²) in [5, 5.41) is 56.7. The largest absolute Gasteiger partial charge is 0.508 e. The molecule has 1 amide bonds. The molecule has 0 bridgehead atoms. The van der Waals surface area contributed by atoms with E-state index in [0.29, 0.717) is 16.7 Å². The SMILES string of the molecule is Cc1ccc(/C=C2\c3cccc(O)c3C(O)=C3C(=O)[C@]4(O)C(O)=C(C(N)=O)C(=O)[C@@H](N(C)C)[C@@H]4[C@@H](O)[C@@H]32)cc1. The molecule has 3 aliphatic rings. The van der Waals surface area contributed by atoms with Crippen molar-refractivity contribution < 1.29 is 39.9 Å². The van der Waals surface area contributed by atoms with E-state index in [1.54, 1.807) is 18.2 Å². The summed E-state index contributed by atoms with van der Waals surface area (Å²) in [6.07, 6.45) is -0.0276. The predicted molar refractivity (Wildman–Crippen MR) is 141 cm³/mol. The number of phenolic OH excluding ortho intramolecular Hbond substituents is 1. The normalized spacial score (nSPS) is 29.4. The lowest BCUT2D eigenvalue weighted by Crippen LogP contribution is -2.70. The van der Waals surface area contributed by atoms with Gasteiger partial charge in [0.05, 0.1) is 29.2 Å². The summed E-state index contributed by atoms with van der Waals surface area (Å²) in [7, 11) is 2.92. The second-order valence-corrected chi connectivity index (χ2v) is 10.4. The summed E-state index contributed by atoms with van der Waals surface area (Å²) >= 11 is 0. The van der Waals surface area contributed by atoms with Crippen molar-refractivity contribution >= 4 is 34.9 Å². The lowest BCUT2D eigenvalue weighted by Gasteiger charge is -2.53. The lowest BCUT2D eigenvalue weighted by molar-refractivity contribution is -0.166. The van der Waals surface area contributed by atoms with Crippen LogP contribution in [0.1, 0.15) is 22.3 Å². The molecule has 0 aromatic heterocycles. The number of rotatable bonds is 3. The molecular weight excluding hydrogens is 504 g/mol. The molecule has 0 unspecified atom stereocenters. The maximum absolute atomic E-state index is 14.1. The zero-order valence-electron chi connectivity index (χ0n) is 21.4. The second-order valence-electron chi connectivity index (χ2n) is 10.4. The number of Topliss-reactive ketones (excluding diaryl/α,β-unsaturated/α-hetero) is 2. The Labute approximate surface area is 223 Å². The maximum Gasteiger partial charge on any atom is 0.255 e. The number of benzene rings is 2. The van der Waals surface area contributed by atoms with Gasteiger partial charge in [-0.05, 0) is 43.8 Å². The Balaban J connectivity index is 1.86. The number of nitrogens with zero attached hydrogens (tertiary/aromatic N) is 1. The van der Waals surface area contributed by atoms with Crippen molar-refractivity contribution in [3.05, 3.63) is 81.6 Å². The first-order valence-electron chi connectivity index (χ1n) is 12.3. The number of carbonyl (C=O) groups excluding carboxylic acids is 3. The molecule has 0 spiro atoms. The third-order valence-corrected chi connectivity index (χ3v) is 7.93. The average Bonchev–Trinajstić information content (AvgIpc) is 2.86. The van der Waals surface area contributed by atoms with Crippen LogP contribution in [0.4, 0.5) is 0 Å². The zero-order chi connectivity index (χ0) is 28.5. The average molecular weight is 533 g/mol. The van der Waals surface area contributed by atoms with Gasteiger partial charge < -0.3 is 31.3 Å². The first kappa shape index (κ1) is 26.4. The number of phenols is 1. The minimum absolute atomic E-state index is 0.0978. The molecule has 1 fully saturated rings. The van der Waals surface area contributed by atoms with E-state index in [9.17, 15) is 39.9 Å². The monoisotopic (exact) mass is 532 g/mol. The number of primary amides is 1. The minimum atomic E-state index is -2.97. The van der Waals surface area contributed by atoms with Gasteiger partial charge in [-0.1, -0.05) is 48.0 Å². The van der Waals surface area contributed by atoms with Crippen molar-refractivity contribution in [2.24, 2.45) is 17.6 Å². The summed E-state index contributed by atoms with van der Waals surface area (Å²) in [5.41, 5.74) is 3.21. The summed E-state index contributed by atoms with van der Waals surface area (Å²) in [4.78, 5) is 40.9. The van der Waals surface area contributed by atoms with Crippen LogP contribution in [0.15, 0.2) is 59.4 Å². The number of fused-ring (bicyclic) bond motifs is 3. The van der Waals surface area contributed by atoms with Gasteiger partial charge in [-0.25, -0.2) is 0 Å². The Hall–Kier alpha value is -4.25. The number of carbonyl (C=O) groups is 3. The van der Waals surface area contributed by atoms with E-state index in [0.717, 1.165) is 5.56 Å². The number of likely N-dealkylation sites (N-methyl/N-ethyl adjacent to an activating group) is 1. The van der Waals surface area contributed by atoms with Crippen LogP contribution in [0.5, 0.6) is 5.75 Å². The van der Waals surface area contributed by atoms with Gasteiger partial charge in [-0.2, -0.15) is 0 Å². The maximum atomic E-state index is 14.1. The van der Waals surface area contributed by atoms with Crippen molar-refractivity contribution in [1.82, 2.24) is 4.90 Å². The van der Waals surface area contributed by atoms with Crippen LogP contribution in [-0.4, -0.2) is 79.7 Å². The molecule has 5 rings (SSSR count). The first-order valence-corrected chi connectivity index (χ1v) is 12.3. The summed E-state index contributed by atoms with van der Waals surface area (Å²) in [6, 6.07) is 10.4. The molecule has 2 aromatic rings. The molecule has 2 aromatic carbocycles. The highest BCUT2D eigenvalue weighted by Crippen LogP contribution is 2.56. The third kappa shape index (κ3) is 3.56. The second kappa shape index (κ2) is 8.91. The Morgan fingerprint density at radius 1 is 1.05 bits per heavy atom. The summed E-state index contributed by atoms with van der Waals surface area (Å²) in [5.74, 6) is -8.78. The molecule has 10 nitrogen and oxygen atoms in total. The van der Waals surface area contributed by atoms with Crippen LogP contribution in [-0.2, 0) is 14.4 Å². The number of hydrogen-bond donors (Lipinski definition) is 6. The smallest absolute Gasteiger partial charge is 0.255 e. The Morgan fingerprint density at radius 2 is 1.69 bits per heavy atom. The number of aliphatic hydroxyl groups is 4. The van der Waals surface area contributed by atoms with E-state index in [1.807, 2.05) is 31.2 Å². The predicted octanol–water partition coefficient (Wildman–Crippen LogP) is 1.24. The van der Waals surface area contributed by atoms with Crippen LogP contribution in [0.2, 0.25) is 0 Å². The Kier molecular flexibility index (Phi) is 6.02. The van der Waals surface area contributed by atoms with Gasteiger partial charge >= 0.3 is 0 Å². The van der Waals surface area contributed by atoms with Gasteiger partial charge in [0, 0.05) is 5.92 Å². The molecule has 7 N–H and O–H groups in total. The van der Waals surface area contributed by atoms with Crippen molar-refractivity contribution in [2.45, 2.75) is 24.7 Å². The van der Waals surface area contributed by atoms with E-state index in [2.05, 4.69) is 0 Å². The van der Waals surface area contributed by atoms with Crippen molar-refractivity contribution in [2.75, 3.05) is 14.1 Å². The van der Waals surface area contributed by atoms with Crippen molar-refractivity contribution in [1.29, 1.82) is 0 Å². The van der Waals surface area contributed by atoms with E-state index < -0.39 is 69.7 Å². The van der Waals surface area contributed by atoms with Crippen LogP contribution in [0.3, 0.4) is 0 Å². The number of ketones is 2. The van der Waals surface area contributed by atoms with E-state index in [4.69, 9.17) is 5.73 Å². The lowest BCUT2D eigenvalue weighted by atomic mass is 9.55. The molecule has 202 valence electrons. The highest BCUT2D eigenvalue weighted by Gasteiger charge is 2.68. The molecule has 5 atom stereocenters. The molecule has 3 aliphatic carbocycles. The molecule has 1 saturated carbocycles. The number of amides is 1. The Bertz CT molecular complexity index is 1530. The number of aliphatic hydroxyl groups excluding tert-OH is 3. The molecule has 0 saturated heterocycles. The molecule has 10 heteroatoms. The van der Waals surface area contributed by atoms with Gasteiger partial charge in [0.1, 0.15) is 22.8 Å².